The van der Waals surface area contributed by atoms with Gasteiger partial charge < -0.3 is 39.4 Å². The summed E-state index contributed by atoms with van der Waals surface area (Å²) >= 11 is 0. The van der Waals surface area contributed by atoms with E-state index in [4.69, 9.17) is 14.2 Å². The Labute approximate surface area is 185 Å². The molecule has 1 aliphatic heterocycles. The van der Waals surface area contributed by atoms with Gasteiger partial charge in [0.25, 0.3) is 0 Å². The second kappa shape index (κ2) is 12.0. The smallest absolute Gasteiger partial charge is 0.341 e. The fourth-order valence-corrected chi connectivity index (χ4v) is 3.26. The summed E-state index contributed by atoms with van der Waals surface area (Å²) in [4.78, 5) is 36.4. The van der Waals surface area contributed by atoms with Crippen molar-refractivity contribution in [3.05, 3.63) is 35.4 Å². The fourth-order valence-electron chi connectivity index (χ4n) is 3.26. The van der Waals surface area contributed by atoms with Gasteiger partial charge in [0.15, 0.2) is 0 Å². The Hall–Kier alpha value is -2.37. The van der Waals surface area contributed by atoms with Crippen molar-refractivity contribution in [2.24, 2.45) is 5.92 Å². The predicted octanol–water partition coefficient (Wildman–Crippen LogP) is 0.195. The van der Waals surface area contributed by atoms with Crippen molar-refractivity contribution < 1.29 is 49.0 Å². The lowest BCUT2D eigenvalue weighted by molar-refractivity contribution is -0.285. The number of aliphatic hydroxyl groups excluding tert-OH is 4. The van der Waals surface area contributed by atoms with Gasteiger partial charge in [-0.15, -0.1) is 0 Å². The van der Waals surface area contributed by atoms with E-state index in [0.717, 1.165) is 0 Å². The first-order chi connectivity index (χ1) is 15.2. The van der Waals surface area contributed by atoms with Gasteiger partial charge in [0.05, 0.1) is 24.3 Å². The molecule has 1 heterocycles. The number of rotatable bonds is 10. The highest BCUT2D eigenvalue weighted by Gasteiger charge is 2.45. The lowest BCUT2D eigenvalue weighted by Gasteiger charge is -2.39. The van der Waals surface area contributed by atoms with Crippen LogP contribution in [-0.2, 0) is 19.0 Å². The van der Waals surface area contributed by atoms with Gasteiger partial charge in [-0.2, -0.15) is 0 Å². The quantitative estimate of drug-likeness (QED) is 0.360. The molecule has 10 heteroatoms. The zero-order chi connectivity index (χ0) is 23.8. The first-order valence-corrected chi connectivity index (χ1v) is 10.5. The second-order valence-electron chi connectivity index (χ2n) is 7.76. The van der Waals surface area contributed by atoms with E-state index in [1.54, 1.807) is 0 Å². The maximum atomic E-state index is 12.7. The summed E-state index contributed by atoms with van der Waals surface area (Å²) in [6.45, 7) is 2.82. The zero-order valence-corrected chi connectivity index (χ0v) is 18.0. The first kappa shape index (κ1) is 25.9. The molecule has 0 aliphatic carbocycles. The average Bonchev–Trinajstić information content (AvgIpc) is 2.79. The third-order valence-electron chi connectivity index (χ3n) is 5.37. The topological polar surface area (TPSA) is 160 Å². The first-order valence-electron chi connectivity index (χ1n) is 10.5. The van der Waals surface area contributed by atoms with Gasteiger partial charge in [0.1, 0.15) is 30.2 Å². The molecule has 4 N–H and O–H groups in total. The van der Waals surface area contributed by atoms with Gasteiger partial charge in [-0.05, 0) is 31.4 Å². The molecule has 0 aromatic heterocycles. The minimum absolute atomic E-state index is 0.00363. The molecule has 1 aliphatic rings. The summed E-state index contributed by atoms with van der Waals surface area (Å²) < 4.78 is 15.6. The minimum Gasteiger partial charge on any atom is -0.462 e. The minimum atomic E-state index is -1.76. The third-order valence-corrected chi connectivity index (χ3v) is 5.37. The molecule has 1 aromatic rings. The van der Waals surface area contributed by atoms with Crippen molar-refractivity contribution in [2.75, 3.05) is 13.2 Å². The number of ether oxygens (including phenoxy) is 3. The molecular weight excluding hydrogens is 424 g/mol. The van der Waals surface area contributed by atoms with Crippen LogP contribution in [0.25, 0.3) is 0 Å². The van der Waals surface area contributed by atoms with E-state index in [2.05, 4.69) is 0 Å². The number of aliphatic hydroxyl groups is 4. The lowest BCUT2D eigenvalue weighted by Crippen LogP contribution is -2.59. The van der Waals surface area contributed by atoms with Crippen molar-refractivity contribution in [1.29, 1.82) is 0 Å². The maximum Gasteiger partial charge on any atom is 0.341 e. The molecule has 2 rings (SSSR count). The highest BCUT2D eigenvalue weighted by Crippen LogP contribution is 2.24. The van der Waals surface area contributed by atoms with Gasteiger partial charge in [-0.1, -0.05) is 25.5 Å². The molecule has 6 atom stereocenters. The molecule has 1 aromatic carbocycles. The molecule has 1 fully saturated rings. The maximum absolute atomic E-state index is 12.7. The van der Waals surface area contributed by atoms with Gasteiger partial charge >= 0.3 is 11.9 Å². The molecule has 0 spiro atoms. The summed E-state index contributed by atoms with van der Waals surface area (Å²) in [5.74, 6) is -1.73. The fraction of sp³-hybridized carbons (Fsp3) is 0.591. The van der Waals surface area contributed by atoms with Crippen LogP contribution in [0, 0.1) is 5.92 Å². The van der Waals surface area contributed by atoms with Crippen molar-refractivity contribution in [3.63, 3.8) is 0 Å². The van der Waals surface area contributed by atoms with Crippen LogP contribution >= 0.6 is 0 Å². The van der Waals surface area contributed by atoms with Crippen LogP contribution < -0.4 is 0 Å². The Morgan fingerprint density at radius 3 is 2.22 bits per heavy atom. The monoisotopic (exact) mass is 454 g/mol. The number of benzene rings is 1. The van der Waals surface area contributed by atoms with Crippen molar-refractivity contribution >= 4 is 17.7 Å². The SMILES string of the molecule is CCC(CCC(C)=O)COC(=O)c1ccccc1C(=O)O[C@@H]1O[C@H](CO)[C@@H](O)[C@H](O)[C@H]1O. The highest BCUT2D eigenvalue weighted by atomic mass is 16.7. The van der Waals surface area contributed by atoms with Crippen LogP contribution in [0.4, 0.5) is 0 Å². The largest absolute Gasteiger partial charge is 0.462 e. The van der Waals surface area contributed by atoms with Gasteiger partial charge in [0, 0.05) is 6.42 Å². The van der Waals surface area contributed by atoms with Gasteiger partial charge in [0.2, 0.25) is 6.29 Å². The standard InChI is InChI=1S/C22H30O10/c1-3-13(9-8-12(2)24)11-30-20(28)14-6-4-5-7-15(14)21(29)32-22-19(27)18(26)17(25)16(10-23)31-22/h4-7,13,16-19,22-23,25-27H,3,8-11H2,1-2H3/t13?,16-,17-,18+,19-,22+/m1/s1. The highest BCUT2D eigenvalue weighted by molar-refractivity contribution is 6.03. The Bertz CT molecular complexity index is 793. The molecule has 0 saturated carbocycles. The number of hydrogen-bond donors (Lipinski definition) is 4. The number of carbonyl (C=O) groups excluding carboxylic acids is 3. The molecule has 1 saturated heterocycles. The average molecular weight is 454 g/mol. The molecule has 10 nitrogen and oxygen atoms in total. The van der Waals surface area contributed by atoms with E-state index in [1.807, 2.05) is 6.92 Å². The molecular formula is C22H30O10. The van der Waals surface area contributed by atoms with E-state index in [1.165, 1.54) is 31.2 Å². The van der Waals surface area contributed by atoms with Crippen molar-refractivity contribution in [2.45, 2.75) is 63.8 Å². The molecule has 0 bridgehead atoms. The molecule has 32 heavy (non-hydrogen) atoms. The summed E-state index contributed by atoms with van der Waals surface area (Å²) in [6, 6.07) is 5.75. The number of esters is 2. The van der Waals surface area contributed by atoms with E-state index in [-0.39, 0.29) is 29.4 Å². The second-order valence-corrected chi connectivity index (χ2v) is 7.76. The van der Waals surface area contributed by atoms with Crippen LogP contribution in [-0.4, -0.2) is 82.1 Å². The molecule has 0 radical (unpaired) electrons. The Morgan fingerprint density at radius 2 is 1.66 bits per heavy atom. The third kappa shape index (κ3) is 6.57. The number of Topliss-reactive ketones (excluding diaryl/α,β-unsaturated/α-hetero) is 1. The van der Waals surface area contributed by atoms with Crippen LogP contribution in [0.1, 0.15) is 53.8 Å². The van der Waals surface area contributed by atoms with E-state index >= 15 is 0 Å². The van der Waals surface area contributed by atoms with E-state index in [0.29, 0.717) is 19.3 Å². The summed E-state index contributed by atoms with van der Waals surface area (Å²) in [5.41, 5.74) is -0.213. The number of carbonyl (C=O) groups is 3. The summed E-state index contributed by atoms with van der Waals surface area (Å²) in [6.07, 6.45) is -6.30. The molecule has 0 amide bonds. The lowest BCUT2D eigenvalue weighted by atomic mass is 9.99. The number of hydrogen-bond acceptors (Lipinski definition) is 10. The van der Waals surface area contributed by atoms with Crippen molar-refractivity contribution in [3.8, 4) is 0 Å². The predicted molar refractivity (Wildman–Crippen MR) is 110 cm³/mol. The van der Waals surface area contributed by atoms with Gasteiger partial charge in [-0.25, -0.2) is 9.59 Å². The Morgan fingerprint density at radius 1 is 1.03 bits per heavy atom. The Balaban J connectivity index is 2.07. The van der Waals surface area contributed by atoms with Crippen LogP contribution in [0.3, 0.4) is 0 Å². The summed E-state index contributed by atoms with van der Waals surface area (Å²) in [7, 11) is 0. The van der Waals surface area contributed by atoms with Crippen molar-refractivity contribution in [1.82, 2.24) is 0 Å². The normalized spacial score (nSPS) is 26.2. The van der Waals surface area contributed by atoms with E-state index < -0.39 is 49.3 Å². The van der Waals surface area contributed by atoms with Crippen LogP contribution in [0.5, 0.6) is 0 Å². The molecule has 178 valence electrons. The molecule has 1 unspecified atom stereocenters. The van der Waals surface area contributed by atoms with Gasteiger partial charge in [-0.3, -0.25) is 0 Å². The number of ketones is 1. The Kier molecular flexibility index (Phi) is 9.73. The van der Waals surface area contributed by atoms with Crippen LogP contribution in [0.2, 0.25) is 0 Å². The van der Waals surface area contributed by atoms with Crippen LogP contribution in [0.15, 0.2) is 24.3 Å². The summed E-state index contributed by atoms with van der Waals surface area (Å²) in [5, 5.41) is 39.0. The zero-order valence-electron chi connectivity index (χ0n) is 18.0. The van der Waals surface area contributed by atoms with E-state index in [9.17, 15) is 34.8 Å².